The number of fused-ring (bicyclic) bond motifs is 1. The number of para-hydroxylation sites is 1. The van der Waals surface area contributed by atoms with Crippen LogP contribution in [0.4, 0.5) is 5.13 Å². The van der Waals surface area contributed by atoms with E-state index in [1.165, 1.54) is 11.3 Å². The third-order valence-corrected chi connectivity index (χ3v) is 5.77. The maximum atomic E-state index is 13.6. The summed E-state index contributed by atoms with van der Waals surface area (Å²) >= 11 is 1.43. The summed E-state index contributed by atoms with van der Waals surface area (Å²) in [6.07, 6.45) is 3.44. The molecule has 0 spiro atoms. The minimum absolute atomic E-state index is 0.223. The third kappa shape index (κ3) is 4.29. The van der Waals surface area contributed by atoms with Crippen molar-refractivity contribution in [2.45, 2.75) is 6.54 Å². The first-order valence-corrected chi connectivity index (χ1v) is 10.3. The zero-order chi connectivity index (χ0) is 21.8. The van der Waals surface area contributed by atoms with Crippen LogP contribution in [0.1, 0.15) is 15.9 Å². The fourth-order valence-electron chi connectivity index (χ4n) is 3.18. The minimum Gasteiger partial charge on any atom is -0.497 e. The van der Waals surface area contributed by atoms with Gasteiger partial charge in [0, 0.05) is 24.0 Å². The number of pyridine rings is 1. The van der Waals surface area contributed by atoms with Crippen LogP contribution in [0.25, 0.3) is 10.2 Å². The van der Waals surface area contributed by atoms with Gasteiger partial charge in [-0.3, -0.25) is 14.7 Å². The van der Waals surface area contributed by atoms with Crippen LogP contribution in [0.15, 0.2) is 60.9 Å². The molecule has 1 amide bonds. The molecule has 0 aliphatic heterocycles. The summed E-state index contributed by atoms with van der Waals surface area (Å²) in [5.41, 5.74) is 2.04. The Morgan fingerprint density at radius 2 is 1.77 bits per heavy atom. The topological polar surface area (TPSA) is 73.8 Å². The number of methoxy groups -OCH3 is 3. The van der Waals surface area contributed by atoms with Gasteiger partial charge in [0.1, 0.15) is 22.8 Å². The van der Waals surface area contributed by atoms with Crippen LogP contribution in [0.2, 0.25) is 0 Å². The predicted molar refractivity (Wildman–Crippen MR) is 120 cm³/mol. The lowest BCUT2D eigenvalue weighted by atomic mass is 10.1. The Morgan fingerprint density at radius 3 is 2.42 bits per heavy atom. The molecule has 0 saturated heterocycles. The SMILES string of the molecule is COc1cc(OC)cc(C(=O)N(Cc2cccnc2)c2nc3c(OC)cccc3s2)c1. The fourth-order valence-corrected chi connectivity index (χ4v) is 4.16. The lowest BCUT2D eigenvalue weighted by Gasteiger charge is -2.20. The quantitative estimate of drug-likeness (QED) is 0.424. The van der Waals surface area contributed by atoms with Crippen LogP contribution in [0, 0.1) is 0 Å². The van der Waals surface area contributed by atoms with E-state index in [0.717, 1.165) is 15.8 Å². The van der Waals surface area contributed by atoms with E-state index >= 15 is 0 Å². The van der Waals surface area contributed by atoms with Gasteiger partial charge in [0.15, 0.2) is 5.13 Å². The maximum Gasteiger partial charge on any atom is 0.260 e. The Bertz CT molecular complexity index is 1190. The second kappa shape index (κ2) is 9.01. The summed E-state index contributed by atoms with van der Waals surface area (Å²) in [4.78, 5) is 24.2. The van der Waals surface area contributed by atoms with E-state index in [4.69, 9.17) is 19.2 Å². The molecule has 4 rings (SSSR count). The number of rotatable bonds is 7. The molecule has 0 aliphatic carbocycles. The molecule has 7 nitrogen and oxygen atoms in total. The second-order valence-electron chi connectivity index (χ2n) is 6.66. The number of aromatic nitrogens is 2. The number of anilines is 1. The molecule has 0 aliphatic rings. The van der Waals surface area contributed by atoms with Gasteiger partial charge in [-0.2, -0.15) is 0 Å². The molecular weight excluding hydrogens is 414 g/mol. The van der Waals surface area contributed by atoms with Crippen LogP contribution in [0.5, 0.6) is 17.2 Å². The van der Waals surface area contributed by atoms with Gasteiger partial charge in [-0.1, -0.05) is 23.5 Å². The summed E-state index contributed by atoms with van der Waals surface area (Å²) < 4.78 is 17.1. The molecule has 0 radical (unpaired) electrons. The number of benzene rings is 2. The molecule has 2 heterocycles. The van der Waals surface area contributed by atoms with E-state index in [-0.39, 0.29) is 5.91 Å². The Balaban J connectivity index is 1.81. The monoisotopic (exact) mass is 435 g/mol. The molecule has 2 aromatic carbocycles. The molecule has 0 unspecified atom stereocenters. The first-order chi connectivity index (χ1) is 15.1. The Morgan fingerprint density at radius 1 is 1.00 bits per heavy atom. The summed E-state index contributed by atoms with van der Waals surface area (Å²) in [6, 6.07) is 14.6. The molecule has 0 N–H and O–H groups in total. The highest BCUT2D eigenvalue weighted by atomic mass is 32.1. The average Bonchev–Trinajstić information content (AvgIpc) is 3.26. The summed E-state index contributed by atoms with van der Waals surface area (Å²) in [7, 11) is 4.71. The van der Waals surface area contributed by atoms with Gasteiger partial charge in [0.25, 0.3) is 5.91 Å². The van der Waals surface area contributed by atoms with E-state index in [2.05, 4.69) is 4.98 Å². The van der Waals surface area contributed by atoms with E-state index < -0.39 is 0 Å². The van der Waals surface area contributed by atoms with Gasteiger partial charge in [0.05, 0.1) is 32.6 Å². The van der Waals surface area contributed by atoms with Crippen molar-refractivity contribution in [2.24, 2.45) is 0 Å². The number of amides is 1. The van der Waals surface area contributed by atoms with Crippen LogP contribution in [0.3, 0.4) is 0 Å². The lowest BCUT2D eigenvalue weighted by Crippen LogP contribution is -2.30. The molecule has 8 heteroatoms. The number of hydrogen-bond donors (Lipinski definition) is 0. The molecule has 31 heavy (non-hydrogen) atoms. The number of hydrogen-bond acceptors (Lipinski definition) is 7. The van der Waals surface area contributed by atoms with Crippen LogP contribution >= 0.6 is 11.3 Å². The molecule has 158 valence electrons. The average molecular weight is 436 g/mol. The zero-order valence-electron chi connectivity index (χ0n) is 17.4. The summed E-state index contributed by atoms with van der Waals surface area (Å²) in [6.45, 7) is 0.314. The van der Waals surface area contributed by atoms with E-state index in [0.29, 0.717) is 34.5 Å². The van der Waals surface area contributed by atoms with E-state index in [9.17, 15) is 4.79 Å². The molecule has 0 fully saturated rings. The van der Waals surface area contributed by atoms with Gasteiger partial charge in [-0.05, 0) is 35.9 Å². The molecule has 0 saturated carbocycles. The van der Waals surface area contributed by atoms with E-state index in [1.807, 2.05) is 30.3 Å². The van der Waals surface area contributed by atoms with Gasteiger partial charge < -0.3 is 14.2 Å². The number of carbonyl (C=O) groups excluding carboxylic acids is 1. The minimum atomic E-state index is -0.223. The van der Waals surface area contributed by atoms with Gasteiger partial charge in [0.2, 0.25) is 0 Å². The fraction of sp³-hybridized carbons (Fsp3) is 0.174. The highest BCUT2D eigenvalue weighted by molar-refractivity contribution is 7.22. The lowest BCUT2D eigenvalue weighted by molar-refractivity contribution is 0.0984. The van der Waals surface area contributed by atoms with Crippen molar-refractivity contribution in [1.82, 2.24) is 9.97 Å². The third-order valence-electron chi connectivity index (χ3n) is 4.73. The van der Waals surface area contributed by atoms with Gasteiger partial charge in [-0.15, -0.1) is 0 Å². The standard InChI is InChI=1S/C23H21N3O4S/c1-28-17-10-16(11-18(12-17)29-2)22(27)26(14-15-6-5-9-24-13-15)23-25-21-19(30-3)7-4-8-20(21)31-23/h4-13H,14H2,1-3H3. The van der Waals surface area contributed by atoms with Crippen LogP contribution in [-0.2, 0) is 6.54 Å². The van der Waals surface area contributed by atoms with Gasteiger partial charge >= 0.3 is 0 Å². The van der Waals surface area contributed by atoms with Crippen molar-refractivity contribution in [1.29, 1.82) is 0 Å². The Kier molecular flexibility index (Phi) is 5.99. The normalized spacial score (nSPS) is 10.7. The van der Waals surface area contributed by atoms with Crippen molar-refractivity contribution in [3.8, 4) is 17.2 Å². The van der Waals surface area contributed by atoms with Crippen molar-refractivity contribution in [3.63, 3.8) is 0 Å². The Hall–Kier alpha value is -3.65. The Labute approximate surface area is 183 Å². The highest BCUT2D eigenvalue weighted by Gasteiger charge is 2.24. The molecular formula is C23H21N3O4S. The van der Waals surface area contributed by atoms with Crippen LogP contribution < -0.4 is 19.1 Å². The predicted octanol–water partition coefficient (Wildman–Crippen LogP) is 4.56. The zero-order valence-corrected chi connectivity index (χ0v) is 18.2. The van der Waals surface area contributed by atoms with Crippen molar-refractivity contribution in [3.05, 3.63) is 72.1 Å². The van der Waals surface area contributed by atoms with Crippen molar-refractivity contribution < 1.29 is 19.0 Å². The highest BCUT2D eigenvalue weighted by Crippen LogP contribution is 2.35. The molecule has 2 aromatic heterocycles. The number of ether oxygens (including phenoxy) is 3. The van der Waals surface area contributed by atoms with Gasteiger partial charge in [-0.25, -0.2) is 4.98 Å². The molecule has 0 bridgehead atoms. The number of thiazole rings is 1. The first-order valence-electron chi connectivity index (χ1n) is 9.50. The smallest absolute Gasteiger partial charge is 0.260 e. The second-order valence-corrected chi connectivity index (χ2v) is 7.67. The van der Waals surface area contributed by atoms with Crippen LogP contribution in [-0.4, -0.2) is 37.2 Å². The molecule has 4 aromatic rings. The number of carbonyl (C=O) groups is 1. The number of nitrogens with zero attached hydrogens (tertiary/aromatic N) is 3. The maximum absolute atomic E-state index is 13.6. The van der Waals surface area contributed by atoms with E-state index in [1.54, 1.807) is 56.8 Å². The van der Waals surface area contributed by atoms with Crippen molar-refractivity contribution >= 4 is 32.6 Å². The molecule has 0 atom stereocenters. The summed E-state index contributed by atoms with van der Waals surface area (Å²) in [5, 5.41) is 0.565. The summed E-state index contributed by atoms with van der Waals surface area (Å²) in [5.74, 6) is 1.51. The van der Waals surface area contributed by atoms with Crippen molar-refractivity contribution in [2.75, 3.05) is 26.2 Å². The first kappa shape index (κ1) is 20.6. The largest absolute Gasteiger partial charge is 0.497 e.